The number of nitrogens with zero attached hydrogens (tertiary/aromatic N) is 1. The first-order valence-electron chi connectivity index (χ1n) is 6.94. The standard InChI is InChI=1S/C14H17ClN2O3/c15-9-5-12(17(7-9)10-3-4-10)14(20)16-11(6-13(18)19)8-1-2-8/h5,7-8,10-11H,1-4,6H2,(H,16,20)(H,18,19). The van der Waals surface area contributed by atoms with Crippen molar-refractivity contribution in [3.63, 3.8) is 0 Å². The summed E-state index contributed by atoms with van der Waals surface area (Å²) in [7, 11) is 0. The van der Waals surface area contributed by atoms with Gasteiger partial charge in [0.15, 0.2) is 0 Å². The topological polar surface area (TPSA) is 71.3 Å². The average molecular weight is 297 g/mol. The molecule has 0 radical (unpaired) electrons. The minimum Gasteiger partial charge on any atom is -0.481 e. The highest BCUT2D eigenvalue weighted by molar-refractivity contribution is 6.31. The summed E-state index contributed by atoms with van der Waals surface area (Å²) in [5.41, 5.74) is 0.536. The van der Waals surface area contributed by atoms with Crippen molar-refractivity contribution in [2.45, 2.75) is 44.2 Å². The summed E-state index contributed by atoms with van der Waals surface area (Å²) in [6.07, 6.45) is 5.86. The van der Waals surface area contributed by atoms with Crippen LogP contribution in [0.5, 0.6) is 0 Å². The molecule has 3 rings (SSSR count). The summed E-state index contributed by atoms with van der Waals surface area (Å²) in [5.74, 6) is -0.797. The molecule has 0 aromatic carbocycles. The van der Waals surface area contributed by atoms with E-state index in [0.717, 1.165) is 25.7 Å². The molecule has 0 bridgehead atoms. The van der Waals surface area contributed by atoms with Gasteiger partial charge < -0.3 is 15.0 Å². The van der Waals surface area contributed by atoms with Crippen LogP contribution in [0, 0.1) is 5.92 Å². The van der Waals surface area contributed by atoms with Gasteiger partial charge in [0.05, 0.1) is 11.4 Å². The highest BCUT2D eigenvalue weighted by atomic mass is 35.5. The van der Waals surface area contributed by atoms with Gasteiger partial charge in [-0.25, -0.2) is 0 Å². The van der Waals surface area contributed by atoms with E-state index >= 15 is 0 Å². The summed E-state index contributed by atoms with van der Waals surface area (Å²) < 4.78 is 1.91. The molecule has 0 aliphatic heterocycles. The predicted molar refractivity (Wildman–Crippen MR) is 73.9 cm³/mol. The number of carboxylic acids is 1. The first-order chi connectivity index (χ1) is 9.54. The normalized spacial score (nSPS) is 19.6. The number of aliphatic carboxylic acids is 1. The molecular weight excluding hydrogens is 280 g/mol. The molecule has 1 unspecified atom stereocenters. The van der Waals surface area contributed by atoms with Crippen LogP contribution < -0.4 is 5.32 Å². The van der Waals surface area contributed by atoms with Gasteiger partial charge in [-0.15, -0.1) is 0 Å². The second kappa shape index (κ2) is 5.13. The maximum atomic E-state index is 12.4. The zero-order valence-electron chi connectivity index (χ0n) is 11.0. The minimum atomic E-state index is -0.877. The molecule has 2 aliphatic carbocycles. The number of hydrogen-bond acceptors (Lipinski definition) is 2. The highest BCUT2D eigenvalue weighted by Gasteiger charge is 2.35. The van der Waals surface area contributed by atoms with Crippen molar-refractivity contribution in [3.05, 3.63) is 23.0 Å². The maximum absolute atomic E-state index is 12.4. The fraction of sp³-hybridized carbons (Fsp3) is 0.571. The van der Waals surface area contributed by atoms with E-state index in [1.54, 1.807) is 12.3 Å². The zero-order chi connectivity index (χ0) is 14.3. The van der Waals surface area contributed by atoms with Crippen LogP contribution in [0.15, 0.2) is 12.3 Å². The van der Waals surface area contributed by atoms with Crippen molar-refractivity contribution in [1.82, 2.24) is 9.88 Å². The van der Waals surface area contributed by atoms with E-state index < -0.39 is 5.97 Å². The molecule has 2 aliphatic rings. The van der Waals surface area contributed by atoms with Gasteiger partial charge in [-0.05, 0) is 37.7 Å². The number of carbonyl (C=O) groups is 2. The van der Waals surface area contributed by atoms with Crippen molar-refractivity contribution in [2.75, 3.05) is 0 Å². The van der Waals surface area contributed by atoms with Gasteiger partial charge in [-0.1, -0.05) is 11.6 Å². The molecule has 1 aromatic rings. The smallest absolute Gasteiger partial charge is 0.305 e. The maximum Gasteiger partial charge on any atom is 0.305 e. The summed E-state index contributed by atoms with van der Waals surface area (Å²) in [6.45, 7) is 0. The number of halogens is 1. The number of amides is 1. The fourth-order valence-corrected chi connectivity index (χ4v) is 2.76. The van der Waals surface area contributed by atoms with Gasteiger partial charge in [0.1, 0.15) is 5.69 Å². The number of carbonyl (C=O) groups excluding carboxylic acids is 1. The number of aromatic nitrogens is 1. The molecule has 6 heteroatoms. The molecular formula is C14H17ClN2O3. The molecule has 0 spiro atoms. The van der Waals surface area contributed by atoms with E-state index in [1.165, 1.54) is 0 Å². The van der Waals surface area contributed by atoms with Gasteiger partial charge >= 0.3 is 5.97 Å². The second-order valence-electron chi connectivity index (χ2n) is 5.70. The van der Waals surface area contributed by atoms with E-state index in [0.29, 0.717) is 22.7 Å². The molecule has 0 saturated heterocycles. The van der Waals surface area contributed by atoms with Crippen molar-refractivity contribution in [1.29, 1.82) is 0 Å². The van der Waals surface area contributed by atoms with E-state index in [9.17, 15) is 9.59 Å². The van der Waals surface area contributed by atoms with Gasteiger partial charge in [0.25, 0.3) is 5.91 Å². The van der Waals surface area contributed by atoms with Crippen LogP contribution in [-0.4, -0.2) is 27.6 Å². The van der Waals surface area contributed by atoms with Crippen LogP contribution in [0.25, 0.3) is 0 Å². The molecule has 1 heterocycles. The molecule has 2 fully saturated rings. The number of carboxylic acid groups (broad SMARTS) is 1. The summed E-state index contributed by atoms with van der Waals surface area (Å²) in [5, 5.41) is 12.3. The molecule has 108 valence electrons. The number of hydrogen-bond donors (Lipinski definition) is 2. The molecule has 1 amide bonds. The Morgan fingerprint density at radius 1 is 1.40 bits per heavy atom. The number of rotatable bonds is 6. The molecule has 1 atom stereocenters. The number of nitrogens with one attached hydrogen (secondary N) is 1. The van der Waals surface area contributed by atoms with Gasteiger partial charge in [0, 0.05) is 18.3 Å². The third-order valence-corrected chi connectivity index (χ3v) is 4.10. The monoisotopic (exact) mass is 296 g/mol. The lowest BCUT2D eigenvalue weighted by atomic mass is 10.1. The van der Waals surface area contributed by atoms with E-state index in [1.807, 2.05) is 4.57 Å². The second-order valence-corrected chi connectivity index (χ2v) is 6.13. The van der Waals surface area contributed by atoms with Crippen molar-refractivity contribution in [3.8, 4) is 0 Å². The Labute approximate surface area is 121 Å². The van der Waals surface area contributed by atoms with Crippen LogP contribution in [-0.2, 0) is 4.79 Å². The molecule has 2 saturated carbocycles. The van der Waals surface area contributed by atoms with Gasteiger partial charge in [0.2, 0.25) is 0 Å². The summed E-state index contributed by atoms with van der Waals surface area (Å²) >= 11 is 5.98. The summed E-state index contributed by atoms with van der Waals surface area (Å²) in [4.78, 5) is 23.2. The largest absolute Gasteiger partial charge is 0.481 e. The quantitative estimate of drug-likeness (QED) is 0.847. The first kappa shape index (κ1) is 13.5. The van der Waals surface area contributed by atoms with Crippen LogP contribution in [0.4, 0.5) is 0 Å². The van der Waals surface area contributed by atoms with Crippen LogP contribution >= 0.6 is 11.6 Å². The molecule has 20 heavy (non-hydrogen) atoms. The van der Waals surface area contributed by atoms with Crippen molar-refractivity contribution >= 4 is 23.5 Å². The average Bonchev–Trinajstić information content (AvgIpc) is 3.24. The fourth-order valence-electron chi connectivity index (χ4n) is 2.55. The summed E-state index contributed by atoms with van der Waals surface area (Å²) in [6, 6.07) is 1.74. The lowest BCUT2D eigenvalue weighted by Crippen LogP contribution is -2.38. The van der Waals surface area contributed by atoms with Crippen LogP contribution in [0.3, 0.4) is 0 Å². The Hall–Kier alpha value is -1.49. The predicted octanol–water partition coefficient (Wildman–Crippen LogP) is 2.46. The lowest BCUT2D eigenvalue weighted by molar-refractivity contribution is -0.137. The minimum absolute atomic E-state index is 0.0196. The molecule has 5 nitrogen and oxygen atoms in total. The highest BCUT2D eigenvalue weighted by Crippen LogP contribution is 2.38. The Morgan fingerprint density at radius 3 is 2.65 bits per heavy atom. The third-order valence-electron chi connectivity index (χ3n) is 3.89. The van der Waals surface area contributed by atoms with Gasteiger partial charge in [-0.2, -0.15) is 0 Å². The zero-order valence-corrected chi connectivity index (χ0v) is 11.8. The lowest BCUT2D eigenvalue weighted by Gasteiger charge is -2.17. The van der Waals surface area contributed by atoms with Crippen molar-refractivity contribution in [2.24, 2.45) is 5.92 Å². The van der Waals surface area contributed by atoms with E-state index in [-0.39, 0.29) is 18.4 Å². The van der Waals surface area contributed by atoms with Crippen molar-refractivity contribution < 1.29 is 14.7 Å². The van der Waals surface area contributed by atoms with E-state index in [4.69, 9.17) is 16.7 Å². The van der Waals surface area contributed by atoms with Crippen LogP contribution in [0.2, 0.25) is 5.02 Å². The van der Waals surface area contributed by atoms with Crippen LogP contribution in [0.1, 0.15) is 48.6 Å². The molecule has 1 aromatic heterocycles. The SMILES string of the molecule is O=C(O)CC(NC(=O)c1cc(Cl)cn1C1CC1)C1CC1. The molecule has 2 N–H and O–H groups in total. The first-order valence-corrected chi connectivity index (χ1v) is 7.32. The van der Waals surface area contributed by atoms with Gasteiger partial charge in [-0.3, -0.25) is 9.59 Å². The van der Waals surface area contributed by atoms with E-state index in [2.05, 4.69) is 5.32 Å². The third kappa shape index (κ3) is 2.98. The Balaban J connectivity index is 1.72. The Bertz CT molecular complexity index is 547. The Morgan fingerprint density at radius 2 is 2.10 bits per heavy atom. The Kier molecular flexibility index (Phi) is 3.46.